The fourth-order valence-corrected chi connectivity index (χ4v) is 1.94. The van der Waals surface area contributed by atoms with Crippen LogP contribution in [0, 0.1) is 0 Å². The van der Waals surface area contributed by atoms with Crippen molar-refractivity contribution >= 4 is 10.8 Å². The Bertz CT molecular complexity index is 541. The number of rotatable bonds is 6. The zero-order valence-corrected chi connectivity index (χ0v) is 11.6. The first-order valence-electron chi connectivity index (χ1n) is 6.50. The highest BCUT2D eigenvalue weighted by Gasteiger charge is 2.07. The molecule has 2 aromatic rings. The third-order valence-electron chi connectivity index (χ3n) is 2.84. The Balaban J connectivity index is 2.15. The van der Waals surface area contributed by atoms with Gasteiger partial charge in [0.2, 0.25) is 5.88 Å². The standard InChI is InChI=1S/C15H20N2O2/c1-11(2)16-9-10-19-15-13-5-4-6-14(18-3)12(13)7-8-17-15/h4-8,11,16H,9-10H2,1-3H3. The molecule has 4 heteroatoms. The lowest BCUT2D eigenvalue weighted by Gasteiger charge is -2.11. The van der Waals surface area contributed by atoms with Gasteiger partial charge >= 0.3 is 0 Å². The molecule has 0 aliphatic heterocycles. The zero-order chi connectivity index (χ0) is 13.7. The maximum Gasteiger partial charge on any atom is 0.221 e. The van der Waals surface area contributed by atoms with Crippen LogP contribution in [0.15, 0.2) is 30.5 Å². The number of hydrogen-bond acceptors (Lipinski definition) is 4. The van der Waals surface area contributed by atoms with Crippen molar-refractivity contribution in [1.29, 1.82) is 0 Å². The lowest BCUT2D eigenvalue weighted by atomic mass is 10.1. The molecule has 1 aromatic heterocycles. The van der Waals surface area contributed by atoms with Crippen molar-refractivity contribution in [2.45, 2.75) is 19.9 Å². The van der Waals surface area contributed by atoms with Crippen LogP contribution in [0.5, 0.6) is 11.6 Å². The van der Waals surface area contributed by atoms with Crippen LogP contribution in [0.4, 0.5) is 0 Å². The Morgan fingerprint density at radius 2 is 2.05 bits per heavy atom. The van der Waals surface area contributed by atoms with Gasteiger partial charge in [-0.05, 0) is 18.2 Å². The monoisotopic (exact) mass is 260 g/mol. The average molecular weight is 260 g/mol. The van der Waals surface area contributed by atoms with Gasteiger partial charge in [-0.1, -0.05) is 19.9 Å². The Morgan fingerprint density at radius 3 is 2.79 bits per heavy atom. The van der Waals surface area contributed by atoms with Gasteiger partial charge in [0.25, 0.3) is 0 Å². The van der Waals surface area contributed by atoms with Crippen molar-refractivity contribution < 1.29 is 9.47 Å². The Morgan fingerprint density at radius 1 is 1.21 bits per heavy atom. The van der Waals surface area contributed by atoms with Crippen molar-refractivity contribution in [2.24, 2.45) is 0 Å². The maximum absolute atomic E-state index is 5.74. The molecule has 0 fully saturated rings. The molecule has 4 nitrogen and oxygen atoms in total. The summed E-state index contributed by atoms with van der Waals surface area (Å²) in [5, 5.41) is 5.31. The maximum atomic E-state index is 5.74. The molecule has 102 valence electrons. The normalized spacial score (nSPS) is 10.9. The smallest absolute Gasteiger partial charge is 0.221 e. The number of ether oxygens (including phenoxy) is 2. The van der Waals surface area contributed by atoms with E-state index in [1.165, 1.54) is 0 Å². The highest BCUT2D eigenvalue weighted by Crippen LogP contribution is 2.30. The first-order chi connectivity index (χ1) is 9.22. The number of fused-ring (bicyclic) bond motifs is 1. The van der Waals surface area contributed by atoms with Gasteiger partial charge in [-0.25, -0.2) is 4.98 Å². The second-order valence-electron chi connectivity index (χ2n) is 4.63. The van der Waals surface area contributed by atoms with Gasteiger partial charge in [-0.3, -0.25) is 0 Å². The second-order valence-corrected chi connectivity index (χ2v) is 4.63. The van der Waals surface area contributed by atoms with E-state index in [1.54, 1.807) is 13.3 Å². The number of aromatic nitrogens is 1. The van der Waals surface area contributed by atoms with E-state index in [9.17, 15) is 0 Å². The summed E-state index contributed by atoms with van der Waals surface area (Å²) in [7, 11) is 1.67. The van der Waals surface area contributed by atoms with E-state index in [2.05, 4.69) is 24.1 Å². The Kier molecular flexibility index (Phi) is 4.58. The van der Waals surface area contributed by atoms with Crippen molar-refractivity contribution in [3.8, 4) is 11.6 Å². The van der Waals surface area contributed by atoms with Crippen molar-refractivity contribution in [1.82, 2.24) is 10.3 Å². The predicted molar refractivity (Wildman–Crippen MR) is 76.9 cm³/mol. The van der Waals surface area contributed by atoms with Crippen LogP contribution >= 0.6 is 0 Å². The summed E-state index contributed by atoms with van der Waals surface area (Å²) >= 11 is 0. The van der Waals surface area contributed by atoms with Crippen LogP contribution in [0.2, 0.25) is 0 Å². The van der Waals surface area contributed by atoms with Gasteiger partial charge in [-0.15, -0.1) is 0 Å². The van der Waals surface area contributed by atoms with Crippen molar-refractivity contribution in [3.05, 3.63) is 30.5 Å². The lowest BCUT2D eigenvalue weighted by molar-refractivity contribution is 0.301. The minimum Gasteiger partial charge on any atom is -0.496 e. The summed E-state index contributed by atoms with van der Waals surface area (Å²) in [4.78, 5) is 4.29. The molecule has 0 atom stereocenters. The molecule has 0 radical (unpaired) electrons. The van der Waals surface area contributed by atoms with E-state index in [0.717, 1.165) is 23.1 Å². The molecule has 0 aliphatic carbocycles. The quantitative estimate of drug-likeness (QED) is 0.811. The molecular formula is C15H20N2O2. The number of pyridine rings is 1. The van der Waals surface area contributed by atoms with Crippen LogP contribution in [0.1, 0.15) is 13.8 Å². The van der Waals surface area contributed by atoms with Gasteiger partial charge in [0.1, 0.15) is 12.4 Å². The van der Waals surface area contributed by atoms with Crippen molar-refractivity contribution in [2.75, 3.05) is 20.3 Å². The number of nitrogens with one attached hydrogen (secondary N) is 1. The minimum absolute atomic E-state index is 0.462. The van der Waals surface area contributed by atoms with E-state index >= 15 is 0 Å². The van der Waals surface area contributed by atoms with E-state index in [4.69, 9.17) is 9.47 Å². The molecular weight excluding hydrogens is 240 g/mol. The SMILES string of the molecule is COc1cccc2c(OCCNC(C)C)nccc12. The minimum atomic E-state index is 0.462. The second kappa shape index (κ2) is 6.38. The Labute approximate surface area is 113 Å². The largest absolute Gasteiger partial charge is 0.496 e. The molecule has 0 bridgehead atoms. The number of nitrogens with zero attached hydrogens (tertiary/aromatic N) is 1. The van der Waals surface area contributed by atoms with Crippen LogP contribution < -0.4 is 14.8 Å². The topological polar surface area (TPSA) is 43.4 Å². The molecule has 1 heterocycles. The van der Waals surface area contributed by atoms with Crippen LogP contribution in [0.3, 0.4) is 0 Å². The third kappa shape index (κ3) is 3.35. The number of methoxy groups -OCH3 is 1. The zero-order valence-electron chi connectivity index (χ0n) is 11.6. The highest BCUT2D eigenvalue weighted by molar-refractivity contribution is 5.91. The lowest BCUT2D eigenvalue weighted by Crippen LogP contribution is -2.27. The van der Waals surface area contributed by atoms with E-state index < -0.39 is 0 Å². The molecule has 19 heavy (non-hydrogen) atoms. The Hall–Kier alpha value is -1.81. The van der Waals surface area contributed by atoms with E-state index in [0.29, 0.717) is 18.5 Å². The predicted octanol–water partition coefficient (Wildman–Crippen LogP) is 2.62. The molecule has 0 saturated heterocycles. The molecule has 0 saturated carbocycles. The van der Waals surface area contributed by atoms with Gasteiger partial charge < -0.3 is 14.8 Å². The first-order valence-corrected chi connectivity index (χ1v) is 6.50. The molecule has 0 unspecified atom stereocenters. The van der Waals surface area contributed by atoms with Gasteiger partial charge in [0.05, 0.1) is 7.11 Å². The third-order valence-corrected chi connectivity index (χ3v) is 2.84. The summed E-state index contributed by atoms with van der Waals surface area (Å²) in [6, 6.07) is 8.28. The fraction of sp³-hybridized carbons (Fsp3) is 0.400. The fourth-order valence-electron chi connectivity index (χ4n) is 1.94. The van der Waals surface area contributed by atoms with Crippen molar-refractivity contribution in [3.63, 3.8) is 0 Å². The molecule has 1 N–H and O–H groups in total. The molecule has 0 amide bonds. The van der Waals surface area contributed by atoms with E-state index in [1.807, 2.05) is 24.3 Å². The van der Waals surface area contributed by atoms with Gasteiger partial charge in [-0.2, -0.15) is 0 Å². The summed E-state index contributed by atoms with van der Waals surface area (Å²) < 4.78 is 11.1. The summed E-state index contributed by atoms with van der Waals surface area (Å²) in [6.07, 6.45) is 1.75. The summed E-state index contributed by atoms with van der Waals surface area (Å²) in [5.74, 6) is 1.49. The molecule has 0 spiro atoms. The van der Waals surface area contributed by atoms with Gasteiger partial charge in [0.15, 0.2) is 0 Å². The number of hydrogen-bond donors (Lipinski definition) is 1. The molecule has 0 aliphatic rings. The van der Waals surface area contributed by atoms with Gasteiger partial charge in [0, 0.05) is 29.6 Å². The number of benzene rings is 1. The molecule has 1 aromatic carbocycles. The van der Waals surface area contributed by atoms with E-state index in [-0.39, 0.29) is 0 Å². The van der Waals surface area contributed by atoms with Crippen LogP contribution in [-0.2, 0) is 0 Å². The average Bonchev–Trinajstić information content (AvgIpc) is 2.42. The van der Waals surface area contributed by atoms with Crippen LogP contribution in [-0.4, -0.2) is 31.3 Å². The first kappa shape index (κ1) is 13.6. The highest BCUT2D eigenvalue weighted by atomic mass is 16.5. The summed E-state index contributed by atoms with van der Waals surface area (Å²) in [6.45, 7) is 5.63. The van der Waals surface area contributed by atoms with Crippen LogP contribution in [0.25, 0.3) is 10.8 Å². The summed E-state index contributed by atoms with van der Waals surface area (Å²) in [5.41, 5.74) is 0. The molecule has 2 rings (SSSR count).